The van der Waals surface area contributed by atoms with Gasteiger partial charge in [0.15, 0.2) is 0 Å². The Kier molecular flexibility index (Phi) is 1.52. The van der Waals surface area contributed by atoms with Crippen molar-refractivity contribution in [2.45, 2.75) is 24.2 Å². The van der Waals surface area contributed by atoms with Crippen molar-refractivity contribution in [1.82, 2.24) is 9.55 Å². The van der Waals surface area contributed by atoms with E-state index in [2.05, 4.69) is 25.5 Å². The molecule has 0 saturated heterocycles. The quantitative estimate of drug-likeness (QED) is 0.670. The van der Waals surface area contributed by atoms with Gasteiger partial charge >= 0.3 is 0 Å². The number of imidazole rings is 1. The molecule has 0 aromatic carbocycles. The summed E-state index contributed by atoms with van der Waals surface area (Å²) in [6.07, 6.45) is 6.51. The molecule has 54 valence electrons. The minimum Gasteiger partial charge on any atom is -0.331 e. The highest BCUT2D eigenvalue weighted by molar-refractivity contribution is 9.08. The highest BCUT2D eigenvalue weighted by Crippen LogP contribution is 2.35. The van der Waals surface area contributed by atoms with Crippen LogP contribution in [0, 0.1) is 0 Å². The Morgan fingerprint density at radius 3 is 3.10 bits per heavy atom. The summed E-state index contributed by atoms with van der Waals surface area (Å²) in [4.78, 5) is 4.09. The van der Waals surface area contributed by atoms with E-state index >= 15 is 0 Å². The molecule has 1 aromatic rings. The maximum absolute atomic E-state index is 4.09. The van der Waals surface area contributed by atoms with E-state index in [1.165, 1.54) is 18.5 Å². The molecule has 2 rings (SSSR count). The molecule has 3 heteroatoms. The Morgan fingerprint density at radius 1 is 1.70 bits per heavy atom. The zero-order valence-corrected chi connectivity index (χ0v) is 7.21. The topological polar surface area (TPSA) is 17.8 Å². The van der Waals surface area contributed by atoms with Crippen LogP contribution in [0.1, 0.15) is 24.6 Å². The number of hydrogen-bond donors (Lipinski definition) is 0. The second-order valence-electron chi connectivity index (χ2n) is 2.66. The molecule has 0 N–H and O–H groups in total. The molecule has 1 saturated carbocycles. The zero-order chi connectivity index (χ0) is 6.97. The largest absolute Gasteiger partial charge is 0.331 e. The first-order chi connectivity index (χ1) is 4.92. The van der Waals surface area contributed by atoms with Crippen LogP contribution in [-0.4, -0.2) is 9.55 Å². The van der Waals surface area contributed by atoms with Crippen molar-refractivity contribution < 1.29 is 0 Å². The minimum absolute atomic E-state index is 0.759. The first-order valence-corrected chi connectivity index (χ1v) is 4.60. The predicted octanol–water partition coefficient (Wildman–Crippen LogP) is 2.11. The maximum Gasteiger partial charge on any atom is 0.0951 e. The number of alkyl halides is 1. The highest BCUT2D eigenvalue weighted by atomic mass is 79.9. The van der Waals surface area contributed by atoms with E-state index in [4.69, 9.17) is 0 Å². The van der Waals surface area contributed by atoms with Crippen molar-refractivity contribution >= 4 is 15.9 Å². The summed E-state index contributed by atoms with van der Waals surface area (Å²) in [5.74, 6) is 0. The van der Waals surface area contributed by atoms with Gasteiger partial charge in [0.1, 0.15) is 0 Å². The molecule has 0 spiro atoms. The third-order valence-electron chi connectivity index (χ3n) is 1.82. The lowest BCUT2D eigenvalue weighted by Gasteiger charge is -2.00. The Labute approximate surface area is 68.4 Å². The summed E-state index contributed by atoms with van der Waals surface area (Å²) in [5, 5.41) is 0.920. The van der Waals surface area contributed by atoms with Crippen LogP contribution in [0.5, 0.6) is 0 Å². The lowest BCUT2D eigenvalue weighted by atomic mass is 10.5. The standard InChI is InChI=1S/C7H9BrN2/c8-3-7-4-9-5-10(7)6-1-2-6/h4-6H,1-3H2. The normalized spacial score (nSPS) is 17.7. The SMILES string of the molecule is BrCc1cncn1C1CC1. The maximum atomic E-state index is 4.09. The number of aromatic nitrogens is 2. The Hall–Kier alpha value is -0.310. The van der Waals surface area contributed by atoms with Crippen molar-refractivity contribution in [3.05, 3.63) is 18.2 Å². The number of rotatable bonds is 2. The van der Waals surface area contributed by atoms with Gasteiger partial charge in [-0.25, -0.2) is 4.98 Å². The van der Waals surface area contributed by atoms with E-state index in [0.29, 0.717) is 0 Å². The lowest BCUT2D eigenvalue weighted by molar-refractivity contribution is 0.715. The molecule has 0 radical (unpaired) electrons. The average molecular weight is 201 g/mol. The fourth-order valence-electron chi connectivity index (χ4n) is 1.12. The fourth-order valence-corrected chi connectivity index (χ4v) is 1.55. The molecule has 2 nitrogen and oxygen atoms in total. The van der Waals surface area contributed by atoms with Crippen LogP contribution in [0.4, 0.5) is 0 Å². The van der Waals surface area contributed by atoms with Gasteiger partial charge in [0, 0.05) is 23.3 Å². The van der Waals surface area contributed by atoms with Crippen LogP contribution in [0.15, 0.2) is 12.5 Å². The third kappa shape index (κ3) is 0.985. The molecule has 1 aliphatic rings. The monoisotopic (exact) mass is 200 g/mol. The van der Waals surface area contributed by atoms with E-state index in [1.807, 2.05) is 12.5 Å². The van der Waals surface area contributed by atoms with Gasteiger partial charge in [0.25, 0.3) is 0 Å². The van der Waals surface area contributed by atoms with Crippen LogP contribution < -0.4 is 0 Å². The first-order valence-electron chi connectivity index (χ1n) is 3.48. The summed E-state index contributed by atoms with van der Waals surface area (Å²) in [6.45, 7) is 0. The molecule has 0 amide bonds. The van der Waals surface area contributed by atoms with Gasteiger partial charge in [-0.05, 0) is 12.8 Å². The lowest BCUT2D eigenvalue weighted by Crippen LogP contribution is -1.95. The molecular weight excluding hydrogens is 192 g/mol. The molecule has 0 unspecified atom stereocenters. The molecule has 0 bridgehead atoms. The van der Waals surface area contributed by atoms with Gasteiger partial charge < -0.3 is 4.57 Å². The van der Waals surface area contributed by atoms with E-state index in [-0.39, 0.29) is 0 Å². The predicted molar refractivity (Wildman–Crippen MR) is 43.1 cm³/mol. The minimum atomic E-state index is 0.759. The molecule has 1 aromatic heterocycles. The molecule has 1 heterocycles. The molecular formula is C7H9BrN2. The fraction of sp³-hybridized carbons (Fsp3) is 0.571. The summed E-state index contributed by atoms with van der Waals surface area (Å²) in [6, 6.07) is 0.759. The van der Waals surface area contributed by atoms with Gasteiger partial charge in [-0.2, -0.15) is 0 Å². The summed E-state index contributed by atoms with van der Waals surface area (Å²) in [7, 11) is 0. The van der Waals surface area contributed by atoms with Gasteiger partial charge in [0.05, 0.1) is 6.33 Å². The number of halogens is 1. The second kappa shape index (κ2) is 2.38. The summed E-state index contributed by atoms with van der Waals surface area (Å²) < 4.78 is 2.26. The second-order valence-corrected chi connectivity index (χ2v) is 3.22. The van der Waals surface area contributed by atoms with Crippen molar-refractivity contribution in [2.75, 3.05) is 0 Å². The van der Waals surface area contributed by atoms with E-state index in [0.717, 1.165) is 11.4 Å². The van der Waals surface area contributed by atoms with Gasteiger partial charge in [0.2, 0.25) is 0 Å². The Bertz CT molecular complexity index is 227. The highest BCUT2D eigenvalue weighted by Gasteiger charge is 2.24. The first kappa shape index (κ1) is 6.40. The Balaban J connectivity index is 2.28. The van der Waals surface area contributed by atoms with Gasteiger partial charge in [-0.1, -0.05) is 15.9 Å². The average Bonchev–Trinajstić information content (AvgIpc) is 2.69. The van der Waals surface area contributed by atoms with Crippen LogP contribution in [0.2, 0.25) is 0 Å². The molecule has 10 heavy (non-hydrogen) atoms. The van der Waals surface area contributed by atoms with Crippen molar-refractivity contribution in [1.29, 1.82) is 0 Å². The van der Waals surface area contributed by atoms with E-state index in [9.17, 15) is 0 Å². The third-order valence-corrected chi connectivity index (χ3v) is 2.40. The smallest absolute Gasteiger partial charge is 0.0951 e. The molecule has 0 atom stereocenters. The van der Waals surface area contributed by atoms with Crippen molar-refractivity contribution in [2.24, 2.45) is 0 Å². The van der Waals surface area contributed by atoms with Crippen molar-refractivity contribution in [3.63, 3.8) is 0 Å². The summed E-state index contributed by atoms with van der Waals surface area (Å²) in [5.41, 5.74) is 1.29. The zero-order valence-electron chi connectivity index (χ0n) is 5.63. The number of nitrogens with zero attached hydrogens (tertiary/aromatic N) is 2. The molecule has 1 aliphatic carbocycles. The Morgan fingerprint density at radius 2 is 2.50 bits per heavy atom. The van der Waals surface area contributed by atoms with E-state index < -0.39 is 0 Å². The van der Waals surface area contributed by atoms with E-state index in [1.54, 1.807) is 0 Å². The van der Waals surface area contributed by atoms with Gasteiger partial charge in [-0.15, -0.1) is 0 Å². The number of hydrogen-bond acceptors (Lipinski definition) is 1. The van der Waals surface area contributed by atoms with Crippen LogP contribution in [0.3, 0.4) is 0 Å². The van der Waals surface area contributed by atoms with Crippen LogP contribution in [-0.2, 0) is 5.33 Å². The van der Waals surface area contributed by atoms with Gasteiger partial charge in [-0.3, -0.25) is 0 Å². The van der Waals surface area contributed by atoms with Crippen LogP contribution >= 0.6 is 15.9 Å². The molecule has 0 aliphatic heterocycles. The summed E-state index contributed by atoms with van der Waals surface area (Å²) >= 11 is 3.42. The van der Waals surface area contributed by atoms with Crippen molar-refractivity contribution in [3.8, 4) is 0 Å². The molecule has 1 fully saturated rings. The van der Waals surface area contributed by atoms with Crippen LogP contribution in [0.25, 0.3) is 0 Å².